The van der Waals surface area contributed by atoms with E-state index in [2.05, 4.69) is 13.8 Å². The number of rotatable bonds is 13. The number of hydrogen-bond donors (Lipinski definition) is 0. The third-order valence-corrected chi connectivity index (χ3v) is 6.21. The van der Waals surface area contributed by atoms with Crippen LogP contribution in [0, 0.1) is 6.92 Å². The summed E-state index contributed by atoms with van der Waals surface area (Å²) in [7, 11) is 1.40. The molecule has 3 aromatic rings. The standard InChI is InChI=1S/C31H36O5/c1-5-10-27(36-26-16-14-24(22(3)19-26)15-18-30(32)34-4)21-35-29-17-13-23(6-2)20-28(29)31(33)25-11-8-7-9-12-25/h7-9,11-14,16-17,19-20,27H,5-6,10,15,18,21H2,1-4H3. The van der Waals surface area contributed by atoms with E-state index in [1.807, 2.05) is 73.7 Å². The van der Waals surface area contributed by atoms with Crippen LogP contribution in [-0.4, -0.2) is 31.6 Å². The molecule has 0 saturated carbocycles. The SMILES string of the molecule is CCCC(COc1ccc(CC)cc1C(=O)c1ccccc1)Oc1ccc(CCC(=O)OC)c(C)c1. The van der Waals surface area contributed by atoms with Crippen LogP contribution < -0.4 is 9.47 Å². The zero-order chi connectivity index (χ0) is 25.9. The highest BCUT2D eigenvalue weighted by atomic mass is 16.5. The molecule has 1 unspecified atom stereocenters. The van der Waals surface area contributed by atoms with E-state index in [1.54, 1.807) is 0 Å². The highest BCUT2D eigenvalue weighted by Gasteiger charge is 2.18. The number of methoxy groups -OCH3 is 1. The van der Waals surface area contributed by atoms with Crippen molar-refractivity contribution < 1.29 is 23.8 Å². The topological polar surface area (TPSA) is 61.8 Å². The molecule has 0 radical (unpaired) electrons. The number of carbonyl (C=O) groups excluding carboxylic acids is 2. The molecule has 3 rings (SSSR count). The van der Waals surface area contributed by atoms with Crippen molar-refractivity contribution in [1.29, 1.82) is 0 Å². The van der Waals surface area contributed by atoms with E-state index < -0.39 is 0 Å². The molecule has 1 atom stereocenters. The zero-order valence-electron chi connectivity index (χ0n) is 21.7. The summed E-state index contributed by atoms with van der Waals surface area (Å²) in [5.41, 5.74) is 4.46. The maximum atomic E-state index is 13.2. The first kappa shape index (κ1) is 27.0. The van der Waals surface area contributed by atoms with Crippen molar-refractivity contribution in [1.82, 2.24) is 0 Å². The molecule has 36 heavy (non-hydrogen) atoms. The van der Waals surface area contributed by atoms with Crippen LogP contribution in [0.15, 0.2) is 66.7 Å². The largest absolute Gasteiger partial charge is 0.489 e. The van der Waals surface area contributed by atoms with Gasteiger partial charge < -0.3 is 14.2 Å². The van der Waals surface area contributed by atoms with Crippen molar-refractivity contribution in [3.63, 3.8) is 0 Å². The lowest BCUT2D eigenvalue weighted by molar-refractivity contribution is -0.140. The van der Waals surface area contributed by atoms with Crippen LogP contribution >= 0.6 is 0 Å². The molecule has 0 saturated heterocycles. The Morgan fingerprint density at radius 3 is 2.39 bits per heavy atom. The Bertz CT molecular complexity index is 1150. The lowest BCUT2D eigenvalue weighted by Crippen LogP contribution is -2.25. The first-order chi connectivity index (χ1) is 17.4. The Kier molecular flexibility index (Phi) is 10.1. The van der Waals surface area contributed by atoms with Gasteiger partial charge in [-0.15, -0.1) is 0 Å². The lowest BCUT2D eigenvalue weighted by atomic mass is 9.99. The minimum Gasteiger partial charge on any atom is -0.489 e. The molecule has 0 aliphatic carbocycles. The van der Waals surface area contributed by atoms with Gasteiger partial charge in [-0.25, -0.2) is 0 Å². The normalized spacial score (nSPS) is 11.6. The second kappa shape index (κ2) is 13.5. The van der Waals surface area contributed by atoms with Gasteiger partial charge in [0, 0.05) is 12.0 Å². The van der Waals surface area contributed by atoms with Crippen LogP contribution in [0.25, 0.3) is 0 Å². The fourth-order valence-electron chi connectivity index (χ4n) is 4.08. The maximum absolute atomic E-state index is 13.2. The third kappa shape index (κ3) is 7.45. The molecule has 0 bridgehead atoms. The molecule has 0 fully saturated rings. The van der Waals surface area contributed by atoms with Gasteiger partial charge in [0.2, 0.25) is 0 Å². The van der Waals surface area contributed by atoms with Crippen molar-refractivity contribution in [2.75, 3.05) is 13.7 Å². The monoisotopic (exact) mass is 488 g/mol. The van der Waals surface area contributed by atoms with Gasteiger partial charge in [0.25, 0.3) is 0 Å². The predicted molar refractivity (Wildman–Crippen MR) is 142 cm³/mol. The van der Waals surface area contributed by atoms with Crippen LogP contribution in [0.2, 0.25) is 0 Å². The number of hydrogen-bond acceptors (Lipinski definition) is 5. The van der Waals surface area contributed by atoms with Gasteiger partial charge >= 0.3 is 5.97 Å². The first-order valence-electron chi connectivity index (χ1n) is 12.6. The molecule has 0 aliphatic rings. The summed E-state index contributed by atoms with van der Waals surface area (Å²) >= 11 is 0. The first-order valence-corrected chi connectivity index (χ1v) is 12.6. The Morgan fingerprint density at radius 2 is 1.72 bits per heavy atom. The summed E-state index contributed by atoms with van der Waals surface area (Å²) in [6.07, 6.45) is 3.41. The van der Waals surface area contributed by atoms with Gasteiger partial charge in [-0.3, -0.25) is 9.59 Å². The second-order valence-electron chi connectivity index (χ2n) is 8.88. The van der Waals surface area contributed by atoms with E-state index in [-0.39, 0.29) is 17.9 Å². The third-order valence-electron chi connectivity index (χ3n) is 6.21. The van der Waals surface area contributed by atoms with Gasteiger partial charge in [-0.2, -0.15) is 0 Å². The highest BCUT2D eigenvalue weighted by molar-refractivity contribution is 6.10. The fourth-order valence-corrected chi connectivity index (χ4v) is 4.08. The number of esters is 1. The van der Waals surface area contributed by atoms with E-state index >= 15 is 0 Å². The number of carbonyl (C=O) groups is 2. The minimum atomic E-state index is -0.216. The summed E-state index contributed by atoms with van der Waals surface area (Å²) < 4.78 is 17.2. The van der Waals surface area contributed by atoms with Crippen LogP contribution in [-0.2, 0) is 22.4 Å². The fraction of sp³-hybridized carbons (Fsp3) is 0.355. The summed E-state index contributed by atoms with van der Waals surface area (Å²) in [5.74, 6) is 1.07. The molecule has 0 aliphatic heterocycles. The average Bonchev–Trinajstić information content (AvgIpc) is 2.91. The van der Waals surface area contributed by atoms with E-state index in [9.17, 15) is 9.59 Å². The molecular formula is C31H36O5. The zero-order valence-corrected chi connectivity index (χ0v) is 21.7. The van der Waals surface area contributed by atoms with E-state index in [1.165, 1.54) is 7.11 Å². The lowest BCUT2D eigenvalue weighted by Gasteiger charge is -2.21. The summed E-state index contributed by atoms with van der Waals surface area (Å²) in [6.45, 7) is 6.53. The van der Waals surface area contributed by atoms with Gasteiger partial charge in [0.15, 0.2) is 5.78 Å². The Morgan fingerprint density at radius 1 is 0.944 bits per heavy atom. The number of aryl methyl sites for hydroxylation is 3. The Balaban J connectivity index is 1.72. The van der Waals surface area contributed by atoms with Gasteiger partial charge in [0.05, 0.1) is 12.7 Å². The van der Waals surface area contributed by atoms with Crippen molar-refractivity contribution in [2.45, 2.75) is 59.0 Å². The van der Waals surface area contributed by atoms with E-state index in [0.717, 1.165) is 41.7 Å². The summed E-state index contributed by atoms with van der Waals surface area (Å²) in [6, 6.07) is 21.0. The molecule has 5 heteroatoms. The van der Waals surface area contributed by atoms with Crippen molar-refractivity contribution in [3.05, 3.63) is 94.5 Å². The van der Waals surface area contributed by atoms with Gasteiger partial charge in [-0.05, 0) is 67.1 Å². The molecule has 0 N–H and O–H groups in total. The predicted octanol–water partition coefficient (Wildman–Crippen LogP) is 6.52. The van der Waals surface area contributed by atoms with Crippen molar-refractivity contribution in [3.8, 4) is 11.5 Å². The number of ether oxygens (including phenoxy) is 3. The molecule has 0 aromatic heterocycles. The highest BCUT2D eigenvalue weighted by Crippen LogP contribution is 2.26. The van der Waals surface area contributed by atoms with Crippen molar-refractivity contribution >= 4 is 11.8 Å². The van der Waals surface area contributed by atoms with Crippen LogP contribution in [0.3, 0.4) is 0 Å². The van der Waals surface area contributed by atoms with Crippen LogP contribution in [0.1, 0.15) is 65.7 Å². The van der Waals surface area contributed by atoms with E-state index in [0.29, 0.717) is 36.3 Å². The molecular weight excluding hydrogens is 452 g/mol. The molecule has 5 nitrogen and oxygen atoms in total. The van der Waals surface area contributed by atoms with Crippen LogP contribution in [0.4, 0.5) is 0 Å². The van der Waals surface area contributed by atoms with Crippen molar-refractivity contribution in [2.24, 2.45) is 0 Å². The summed E-state index contributed by atoms with van der Waals surface area (Å²) in [5, 5.41) is 0. The Labute approximate surface area is 214 Å². The van der Waals surface area contributed by atoms with Gasteiger partial charge in [-0.1, -0.05) is 62.7 Å². The molecule has 0 heterocycles. The minimum absolute atomic E-state index is 0.0490. The Hall–Kier alpha value is -3.60. The second-order valence-corrected chi connectivity index (χ2v) is 8.88. The molecule has 0 amide bonds. The summed E-state index contributed by atoms with van der Waals surface area (Å²) in [4.78, 5) is 24.7. The van der Waals surface area contributed by atoms with Gasteiger partial charge in [0.1, 0.15) is 24.2 Å². The smallest absolute Gasteiger partial charge is 0.305 e. The van der Waals surface area contributed by atoms with Crippen LogP contribution in [0.5, 0.6) is 11.5 Å². The molecule has 190 valence electrons. The average molecular weight is 489 g/mol. The number of ketones is 1. The van der Waals surface area contributed by atoms with E-state index in [4.69, 9.17) is 14.2 Å². The molecule has 3 aromatic carbocycles. The quantitative estimate of drug-likeness (QED) is 0.202. The molecule has 0 spiro atoms. The maximum Gasteiger partial charge on any atom is 0.305 e. The number of benzene rings is 3.